The van der Waals surface area contributed by atoms with Gasteiger partial charge in [-0.15, -0.1) is 4.73 Å². The summed E-state index contributed by atoms with van der Waals surface area (Å²) in [6.45, 7) is 0.198. The molecule has 106 valence electrons. The molecule has 6 heteroatoms. The van der Waals surface area contributed by atoms with Crippen molar-refractivity contribution in [3.05, 3.63) is 80.9 Å². The maximum absolute atomic E-state index is 11.9. The van der Waals surface area contributed by atoms with Crippen LogP contribution in [0.3, 0.4) is 0 Å². The van der Waals surface area contributed by atoms with E-state index in [0.717, 1.165) is 16.5 Å². The molecule has 3 rings (SSSR count). The van der Waals surface area contributed by atoms with E-state index in [0.29, 0.717) is 20.8 Å². The van der Waals surface area contributed by atoms with Crippen molar-refractivity contribution in [3.8, 4) is 0 Å². The van der Waals surface area contributed by atoms with Crippen molar-refractivity contribution in [3.63, 3.8) is 0 Å². The largest absolute Gasteiger partial charge is 0.618 e. The van der Waals surface area contributed by atoms with Crippen LogP contribution in [0, 0.1) is 5.21 Å². The first-order valence-corrected chi connectivity index (χ1v) is 6.64. The lowest BCUT2D eigenvalue weighted by Gasteiger charge is -2.11. The number of nitrogens with zero attached hydrogens (tertiary/aromatic N) is 2. The van der Waals surface area contributed by atoms with Crippen LogP contribution < -0.4 is 15.1 Å². The van der Waals surface area contributed by atoms with E-state index in [9.17, 15) is 10.0 Å². The van der Waals surface area contributed by atoms with Crippen molar-refractivity contribution in [2.45, 2.75) is 6.61 Å². The molecule has 0 atom stereocenters. The zero-order valence-electron chi connectivity index (χ0n) is 10.9. The molecule has 0 fully saturated rings. The van der Waals surface area contributed by atoms with Crippen LogP contribution in [0.15, 0.2) is 59.5 Å². The van der Waals surface area contributed by atoms with Gasteiger partial charge in [-0.3, -0.25) is 4.79 Å². The van der Waals surface area contributed by atoms with Gasteiger partial charge in [0.05, 0.1) is 0 Å². The Balaban J connectivity index is 1.97. The first-order valence-electron chi connectivity index (χ1n) is 6.27. The lowest BCUT2D eigenvalue weighted by Crippen LogP contribution is -2.38. The molecule has 0 unspecified atom stereocenters. The third-order valence-electron chi connectivity index (χ3n) is 3.04. The summed E-state index contributed by atoms with van der Waals surface area (Å²) >= 11 is 5.82. The van der Waals surface area contributed by atoms with Crippen molar-refractivity contribution in [1.29, 1.82) is 0 Å². The highest BCUT2D eigenvalue weighted by Crippen LogP contribution is 2.10. The van der Waals surface area contributed by atoms with Crippen molar-refractivity contribution >= 4 is 22.6 Å². The van der Waals surface area contributed by atoms with E-state index in [1.165, 1.54) is 0 Å². The highest BCUT2D eigenvalue weighted by Gasteiger charge is 2.12. The molecule has 2 aromatic carbocycles. The molecule has 0 saturated heterocycles. The summed E-state index contributed by atoms with van der Waals surface area (Å²) in [4.78, 5) is 17.5. The van der Waals surface area contributed by atoms with Gasteiger partial charge in [0.25, 0.3) is 0 Å². The minimum atomic E-state index is -0.516. The number of fused-ring (bicyclic) bond motifs is 1. The summed E-state index contributed by atoms with van der Waals surface area (Å²) in [5.74, 6) is 0. The summed E-state index contributed by atoms with van der Waals surface area (Å²) < 4.78 is 1.66. The molecule has 0 spiro atoms. The molecule has 0 N–H and O–H groups in total. The number of benzene rings is 2. The average Bonchev–Trinajstić information content (AvgIpc) is 2.49. The molecule has 0 aliphatic carbocycles. The first kappa shape index (κ1) is 13.5. The zero-order valence-corrected chi connectivity index (χ0v) is 11.7. The Bertz CT molecular complexity index is 844. The molecule has 0 aliphatic rings. The fraction of sp³-hybridized carbons (Fsp3) is 0.0667. The summed E-state index contributed by atoms with van der Waals surface area (Å²) in [5, 5.41) is 12.3. The van der Waals surface area contributed by atoms with Crippen LogP contribution in [0.4, 0.5) is 0 Å². The Morgan fingerprint density at radius 2 is 1.86 bits per heavy atom. The molecule has 1 heterocycles. The topological polar surface area (TPSA) is 58.2 Å². The molecule has 0 amide bonds. The fourth-order valence-electron chi connectivity index (χ4n) is 2.02. The van der Waals surface area contributed by atoms with Crippen LogP contribution in [-0.4, -0.2) is 4.73 Å². The predicted molar refractivity (Wildman–Crippen MR) is 78.9 cm³/mol. The number of hydrogen-bond donors (Lipinski definition) is 0. The first-order chi connectivity index (χ1) is 10.1. The van der Waals surface area contributed by atoms with Crippen LogP contribution in [0.2, 0.25) is 5.02 Å². The molecule has 5 nitrogen and oxygen atoms in total. The van der Waals surface area contributed by atoms with E-state index in [4.69, 9.17) is 16.4 Å². The van der Waals surface area contributed by atoms with E-state index >= 15 is 0 Å². The second kappa shape index (κ2) is 5.46. The maximum Gasteiger partial charge on any atom is 0.349 e. The Morgan fingerprint density at radius 3 is 2.62 bits per heavy atom. The molecular formula is C15H11ClN2O3. The summed E-state index contributed by atoms with van der Waals surface area (Å²) in [6, 6.07) is 13.9. The molecule has 0 radical (unpaired) electrons. The van der Waals surface area contributed by atoms with Crippen LogP contribution in [0.1, 0.15) is 5.56 Å². The second-order valence-corrected chi connectivity index (χ2v) is 4.91. The molecule has 3 aromatic rings. The van der Waals surface area contributed by atoms with Gasteiger partial charge >= 0.3 is 5.56 Å². The van der Waals surface area contributed by atoms with E-state index in [-0.39, 0.29) is 6.61 Å². The van der Waals surface area contributed by atoms with Crippen molar-refractivity contribution in [2.24, 2.45) is 0 Å². The molecule has 0 aliphatic heterocycles. The molecule has 0 bridgehead atoms. The third-order valence-corrected chi connectivity index (χ3v) is 3.29. The lowest BCUT2D eigenvalue weighted by atomic mass is 10.2. The molecule has 0 saturated carbocycles. The van der Waals surface area contributed by atoms with Gasteiger partial charge in [0.2, 0.25) is 11.7 Å². The van der Waals surface area contributed by atoms with Gasteiger partial charge in [-0.25, -0.2) is 0 Å². The smallest absolute Gasteiger partial charge is 0.349 e. The zero-order chi connectivity index (χ0) is 14.8. The summed E-state index contributed by atoms with van der Waals surface area (Å²) in [7, 11) is 0. The minimum Gasteiger partial charge on any atom is -0.618 e. The molecular weight excluding hydrogens is 292 g/mol. The van der Waals surface area contributed by atoms with E-state index in [1.54, 1.807) is 36.4 Å². The molecule has 21 heavy (non-hydrogen) atoms. The van der Waals surface area contributed by atoms with Gasteiger partial charge < -0.3 is 10.0 Å². The van der Waals surface area contributed by atoms with Crippen molar-refractivity contribution < 1.29 is 9.57 Å². The van der Waals surface area contributed by atoms with Gasteiger partial charge in [0, 0.05) is 11.1 Å². The van der Waals surface area contributed by atoms with Crippen LogP contribution in [0.25, 0.3) is 11.0 Å². The van der Waals surface area contributed by atoms with Crippen LogP contribution >= 0.6 is 11.6 Å². The number of rotatable bonds is 3. The Morgan fingerprint density at radius 1 is 1.14 bits per heavy atom. The second-order valence-electron chi connectivity index (χ2n) is 4.48. The van der Waals surface area contributed by atoms with Gasteiger partial charge in [0.1, 0.15) is 6.61 Å². The highest BCUT2D eigenvalue weighted by atomic mass is 35.5. The standard InChI is InChI=1S/C15H11ClN2O3/c16-12-7-5-11(6-8-12)10-21-18-14-4-2-1-3-13(14)17(20)9-15(18)19/h1-9H,10H2. The molecule has 1 aromatic heterocycles. The average molecular weight is 303 g/mol. The number of hydrogen-bond acceptors (Lipinski definition) is 3. The predicted octanol–water partition coefficient (Wildman–Crippen LogP) is 1.92. The van der Waals surface area contributed by atoms with Gasteiger partial charge in [-0.2, -0.15) is 4.73 Å². The summed E-state index contributed by atoms with van der Waals surface area (Å²) in [6.07, 6.45) is 0.949. The van der Waals surface area contributed by atoms with Gasteiger partial charge in [-0.05, 0) is 23.8 Å². The minimum absolute atomic E-state index is 0.198. The van der Waals surface area contributed by atoms with E-state index in [2.05, 4.69) is 0 Å². The Labute approximate surface area is 125 Å². The third kappa shape index (κ3) is 2.68. The lowest BCUT2D eigenvalue weighted by molar-refractivity contribution is -0.578. The fourth-order valence-corrected chi connectivity index (χ4v) is 2.14. The van der Waals surface area contributed by atoms with Gasteiger partial charge in [-0.1, -0.05) is 35.9 Å². The Kier molecular flexibility index (Phi) is 3.50. The van der Waals surface area contributed by atoms with Gasteiger partial charge in [0.15, 0.2) is 5.52 Å². The number of aromatic nitrogens is 2. The van der Waals surface area contributed by atoms with E-state index in [1.807, 2.05) is 12.1 Å². The highest BCUT2D eigenvalue weighted by molar-refractivity contribution is 6.30. The normalized spacial score (nSPS) is 10.7. The van der Waals surface area contributed by atoms with Crippen molar-refractivity contribution in [2.75, 3.05) is 0 Å². The van der Waals surface area contributed by atoms with Crippen LogP contribution in [-0.2, 0) is 6.61 Å². The number of halogens is 1. The van der Waals surface area contributed by atoms with E-state index < -0.39 is 5.56 Å². The number of para-hydroxylation sites is 2. The SMILES string of the molecule is O=c1c[n+]([O-])c2ccccc2n1OCc1ccc(Cl)cc1. The monoisotopic (exact) mass is 302 g/mol. The summed E-state index contributed by atoms with van der Waals surface area (Å²) in [5.41, 5.74) is 1.15. The van der Waals surface area contributed by atoms with Crippen LogP contribution in [0.5, 0.6) is 0 Å². The quantitative estimate of drug-likeness (QED) is 0.548. The Hall–Kier alpha value is -2.53. The van der Waals surface area contributed by atoms with Crippen molar-refractivity contribution in [1.82, 2.24) is 4.73 Å². The maximum atomic E-state index is 11.9.